The molecule has 1 N–H and O–H groups in total. The fourth-order valence-corrected chi connectivity index (χ4v) is 0.750. The number of aliphatic carboxylic acids is 1. The number of ether oxygens (including phenoxy) is 1. The molecule has 60 valence electrons. The van der Waals surface area contributed by atoms with Gasteiger partial charge in [-0.1, -0.05) is 0 Å². The fourth-order valence-electron chi connectivity index (χ4n) is 0.750. The summed E-state index contributed by atoms with van der Waals surface area (Å²) in [6, 6.07) is 0. The van der Waals surface area contributed by atoms with Gasteiger partial charge in [-0.3, -0.25) is 10.1 Å². The van der Waals surface area contributed by atoms with Crippen LogP contribution in [0.2, 0.25) is 0 Å². The van der Waals surface area contributed by atoms with Gasteiger partial charge in [0.15, 0.2) is 0 Å². The lowest BCUT2D eigenvalue weighted by Gasteiger charge is -2.12. The fraction of sp³-hybridized carbons (Fsp3) is 0.400. The Labute approximate surface area is 61.2 Å². The highest BCUT2D eigenvalue weighted by Gasteiger charge is 2.55. The molecule has 0 spiro atoms. The molecular formula is C5H5NO5. The zero-order valence-electron chi connectivity index (χ0n) is 5.39. The van der Waals surface area contributed by atoms with Crippen molar-refractivity contribution in [3.8, 4) is 0 Å². The molecule has 0 amide bonds. The van der Waals surface area contributed by atoms with Crippen molar-refractivity contribution in [1.29, 1.82) is 0 Å². The van der Waals surface area contributed by atoms with Gasteiger partial charge in [0, 0.05) is 0 Å². The second-order valence-electron chi connectivity index (χ2n) is 2.04. The van der Waals surface area contributed by atoms with Gasteiger partial charge in [-0.25, -0.2) is 4.79 Å². The minimum absolute atomic E-state index is 0.227. The van der Waals surface area contributed by atoms with Crippen molar-refractivity contribution in [2.45, 2.75) is 12.1 Å². The smallest absolute Gasteiger partial charge is 0.463 e. The molecule has 1 aliphatic heterocycles. The van der Waals surface area contributed by atoms with Crippen molar-refractivity contribution in [3.05, 3.63) is 22.5 Å². The van der Waals surface area contributed by atoms with Crippen molar-refractivity contribution in [1.82, 2.24) is 0 Å². The van der Waals surface area contributed by atoms with Gasteiger partial charge in [-0.2, -0.15) is 0 Å². The van der Waals surface area contributed by atoms with E-state index in [-0.39, 0.29) is 6.42 Å². The predicted octanol–water partition coefficient (Wildman–Crippen LogP) is -0.0220. The largest absolute Gasteiger partial charge is 0.473 e. The summed E-state index contributed by atoms with van der Waals surface area (Å²) in [5.74, 6) is -1.58. The zero-order chi connectivity index (χ0) is 8.48. The summed E-state index contributed by atoms with van der Waals surface area (Å²) >= 11 is 0. The Morgan fingerprint density at radius 1 is 1.82 bits per heavy atom. The molecule has 1 atom stereocenters. The molecule has 11 heavy (non-hydrogen) atoms. The molecule has 0 bridgehead atoms. The van der Waals surface area contributed by atoms with Gasteiger partial charge in [-0.05, 0) is 6.08 Å². The van der Waals surface area contributed by atoms with Crippen LogP contribution in [0.25, 0.3) is 0 Å². The highest BCUT2D eigenvalue weighted by Crippen LogP contribution is 2.23. The number of carboxylic acid groups (broad SMARTS) is 1. The monoisotopic (exact) mass is 159 g/mol. The van der Waals surface area contributed by atoms with Crippen LogP contribution in [0.1, 0.15) is 6.42 Å². The molecule has 0 aromatic heterocycles. The van der Waals surface area contributed by atoms with Crippen LogP contribution >= 0.6 is 0 Å². The Kier molecular flexibility index (Phi) is 1.52. The lowest BCUT2D eigenvalue weighted by molar-refractivity contribution is -0.602. The first kappa shape index (κ1) is 7.52. The highest BCUT2D eigenvalue weighted by atomic mass is 16.7. The maximum Gasteiger partial charge on any atom is 0.463 e. The van der Waals surface area contributed by atoms with E-state index >= 15 is 0 Å². The summed E-state index contributed by atoms with van der Waals surface area (Å²) in [5.41, 5.74) is -2.28. The first-order valence-corrected chi connectivity index (χ1v) is 2.80. The van der Waals surface area contributed by atoms with E-state index < -0.39 is 16.6 Å². The van der Waals surface area contributed by atoms with Crippen LogP contribution in [0.5, 0.6) is 0 Å². The van der Waals surface area contributed by atoms with Crippen molar-refractivity contribution >= 4 is 5.97 Å². The van der Waals surface area contributed by atoms with E-state index in [2.05, 4.69) is 4.74 Å². The maximum absolute atomic E-state index is 10.4. The molecule has 1 unspecified atom stereocenters. The quantitative estimate of drug-likeness (QED) is 0.451. The molecule has 0 saturated carbocycles. The second-order valence-corrected chi connectivity index (χ2v) is 2.04. The molecule has 1 aliphatic rings. The summed E-state index contributed by atoms with van der Waals surface area (Å²) in [5, 5.41) is 18.7. The molecule has 0 aromatic carbocycles. The normalized spacial score (nSPS) is 28.0. The average molecular weight is 159 g/mol. The number of carbonyl (C=O) groups is 1. The second kappa shape index (κ2) is 2.22. The van der Waals surface area contributed by atoms with E-state index in [4.69, 9.17) is 5.11 Å². The van der Waals surface area contributed by atoms with Gasteiger partial charge in [0.05, 0.1) is 17.6 Å². The van der Waals surface area contributed by atoms with Crippen LogP contribution in [0.4, 0.5) is 0 Å². The van der Waals surface area contributed by atoms with Gasteiger partial charge in [0.1, 0.15) is 0 Å². The Morgan fingerprint density at radius 2 is 2.45 bits per heavy atom. The molecule has 0 fully saturated rings. The number of hydrogen-bond donors (Lipinski definition) is 1. The third kappa shape index (κ3) is 0.917. The Balaban J connectivity index is 2.90. The van der Waals surface area contributed by atoms with Gasteiger partial charge in [-0.15, -0.1) is 0 Å². The molecule has 6 nitrogen and oxygen atoms in total. The SMILES string of the molecule is O=C(O)C1([N+](=O)[O-])CC=CO1. The molecule has 0 radical (unpaired) electrons. The van der Waals surface area contributed by atoms with E-state index in [1.165, 1.54) is 6.08 Å². The first-order chi connectivity index (χ1) is 5.09. The molecule has 0 aromatic rings. The van der Waals surface area contributed by atoms with Crippen LogP contribution in [-0.2, 0) is 9.53 Å². The summed E-state index contributed by atoms with van der Waals surface area (Å²) in [4.78, 5) is 19.6. The van der Waals surface area contributed by atoms with E-state index in [1.54, 1.807) is 0 Å². The van der Waals surface area contributed by atoms with E-state index in [0.29, 0.717) is 0 Å². The predicted molar refractivity (Wildman–Crippen MR) is 32.2 cm³/mol. The molecule has 0 saturated heterocycles. The van der Waals surface area contributed by atoms with E-state index in [1.807, 2.05) is 0 Å². The standard InChI is InChI=1S/C5H5NO5/c7-4(8)5(6(9)10)2-1-3-11-5/h1,3H,2H2,(H,7,8). The summed E-state index contributed by atoms with van der Waals surface area (Å²) in [6.45, 7) is 0. The van der Waals surface area contributed by atoms with Gasteiger partial charge >= 0.3 is 11.7 Å². The molecule has 6 heteroatoms. The third-order valence-electron chi connectivity index (χ3n) is 1.38. The number of nitrogens with zero attached hydrogens (tertiary/aromatic N) is 1. The Hall–Kier alpha value is -1.59. The van der Waals surface area contributed by atoms with Crippen molar-refractivity contribution < 1.29 is 19.6 Å². The Morgan fingerprint density at radius 3 is 2.64 bits per heavy atom. The number of hydrogen-bond acceptors (Lipinski definition) is 4. The van der Waals surface area contributed by atoms with Gasteiger partial charge in [0.25, 0.3) is 0 Å². The van der Waals surface area contributed by atoms with Crippen LogP contribution < -0.4 is 0 Å². The van der Waals surface area contributed by atoms with E-state index in [9.17, 15) is 14.9 Å². The van der Waals surface area contributed by atoms with Gasteiger partial charge in [0.2, 0.25) is 0 Å². The highest BCUT2D eigenvalue weighted by molar-refractivity contribution is 5.76. The summed E-state index contributed by atoms with van der Waals surface area (Å²) < 4.78 is 4.38. The number of carboxylic acids is 1. The maximum atomic E-state index is 10.4. The molecule has 0 aliphatic carbocycles. The lowest BCUT2D eigenvalue weighted by Crippen LogP contribution is -2.45. The van der Waals surface area contributed by atoms with Crippen molar-refractivity contribution in [2.75, 3.05) is 0 Å². The van der Waals surface area contributed by atoms with Crippen molar-refractivity contribution in [2.24, 2.45) is 0 Å². The Bertz CT molecular complexity index is 209. The van der Waals surface area contributed by atoms with Crippen LogP contribution in [0.3, 0.4) is 0 Å². The van der Waals surface area contributed by atoms with Crippen LogP contribution in [0, 0.1) is 10.1 Å². The van der Waals surface area contributed by atoms with Crippen molar-refractivity contribution in [3.63, 3.8) is 0 Å². The minimum Gasteiger partial charge on any atom is -0.473 e. The number of rotatable bonds is 2. The minimum atomic E-state index is -2.28. The molecular weight excluding hydrogens is 154 g/mol. The lowest BCUT2D eigenvalue weighted by atomic mass is 10.2. The summed E-state index contributed by atoms with van der Waals surface area (Å²) in [6.07, 6.45) is 2.10. The van der Waals surface area contributed by atoms with Crippen LogP contribution in [-0.4, -0.2) is 21.7 Å². The molecule has 1 heterocycles. The van der Waals surface area contributed by atoms with Crippen LogP contribution in [0.15, 0.2) is 12.3 Å². The topological polar surface area (TPSA) is 89.7 Å². The van der Waals surface area contributed by atoms with Gasteiger partial charge < -0.3 is 9.84 Å². The average Bonchev–Trinajstić information content (AvgIpc) is 2.34. The number of nitro groups is 1. The zero-order valence-corrected chi connectivity index (χ0v) is 5.39. The third-order valence-corrected chi connectivity index (χ3v) is 1.38. The van der Waals surface area contributed by atoms with E-state index in [0.717, 1.165) is 6.26 Å². The first-order valence-electron chi connectivity index (χ1n) is 2.80. The summed E-state index contributed by atoms with van der Waals surface area (Å²) in [7, 11) is 0. The molecule has 1 rings (SSSR count).